The molecule has 0 unspecified atom stereocenters. The molecule has 2 aromatic carbocycles. The van der Waals surface area contributed by atoms with Gasteiger partial charge in [-0.05, 0) is 42.3 Å². The van der Waals surface area contributed by atoms with E-state index in [0.29, 0.717) is 18.7 Å². The van der Waals surface area contributed by atoms with Gasteiger partial charge in [0.1, 0.15) is 5.75 Å². The van der Waals surface area contributed by atoms with Gasteiger partial charge in [0, 0.05) is 13.1 Å². The molecular weight excluding hydrogens is 302 g/mol. The van der Waals surface area contributed by atoms with Crippen molar-refractivity contribution in [2.24, 2.45) is 0 Å². The van der Waals surface area contributed by atoms with E-state index in [1.54, 1.807) is 12.1 Å². The quantitative estimate of drug-likeness (QED) is 0.758. The van der Waals surface area contributed by atoms with Crippen molar-refractivity contribution < 1.29 is 27.0 Å². The minimum absolute atomic E-state index is 0. The first kappa shape index (κ1) is 18.0. The summed E-state index contributed by atoms with van der Waals surface area (Å²) in [6.07, 6.45) is 0. The normalized spacial score (nSPS) is 9.86. The molecule has 0 atom stereocenters. The Morgan fingerprint density at radius 3 is 1.95 bits per heavy atom. The minimum atomic E-state index is -0.899. The van der Waals surface area contributed by atoms with Crippen LogP contribution in [0.15, 0.2) is 48.5 Å². The lowest BCUT2D eigenvalue weighted by Crippen LogP contribution is -3.00. The van der Waals surface area contributed by atoms with Gasteiger partial charge < -0.3 is 27.6 Å². The molecule has 0 amide bonds. The number of rotatable bonds is 7. The third kappa shape index (κ3) is 5.39. The van der Waals surface area contributed by atoms with Crippen molar-refractivity contribution in [3.8, 4) is 5.75 Å². The molecular formula is C17H19ClNO3-. The Hall–Kier alpha value is -2.04. The predicted molar refractivity (Wildman–Crippen MR) is 81.6 cm³/mol. The fourth-order valence-corrected chi connectivity index (χ4v) is 1.99. The van der Waals surface area contributed by atoms with Crippen molar-refractivity contribution in [3.05, 3.63) is 65.2 Å². The van der Waals surface area contributed by atoms with Gasteiger partial charge in [0.15, 0.2) is 0 Å². The van der Waals surface area contributed by atoms with Crippen molar-refractivity contribution >= 4 is 5.97 Å². The molecule has 2 rings (SSSR count). The highest BCUT2D eigenvalue weighted by molar-refractivity contribution is 5.87. The van der Waals surface area contributed by atoms with Crippen LogP contribution in [0.1, 0.15) is 28.4 Å². The zero-order valence-corrected chi connectivity index (χ0v) is 13.1. The van der Waals surface area contributed by atoms with Gasteiger partial charge in [0.25, 0.3) is 0 Å². The van der Waals surface area contributed by atoms with E-state index in [-0.39, 0.29) is 12.4 Å². The van der Waals surface area contributed by atoms with Crippen molar-refractivity contribution in [2.75, 3.05) is 6.61 Å². The summed E-state index contributed by atoms with van der Waals surface area (Å²) in [5.74, 6) is -0.0191. The van der Waals surface area contributed by atoms with Crippen LogP contribution in [-0.4, -0.2) is 17.7 Å². The van der Waals surface area contributed by atoms with Crippen LogP contribution in [0, 0.1) is 0 Å². The Labute approximate surface area is 136 Å². The third-order valence-electron chi connectivity index (χ3n) is 3.09. The van der Waals surface area contributed by atoms with Gasteiger partial charge in [-0.2, -0.15) is 0 Å². The first-order valence-electron chi connectivity index (χ1n) is 6.93. The number of ether oxygens (including phenoxy) is 1. The molecule has 5 heteroatoms. The number of benzene rings is 2. The Balaban J connectivity index is 0.00000242. The molecule has 118 valence electrons. The van der Waals surface area contributed by atoms with Crippen LogP contribution in [0.5, 0.6) is 5.75 Å². The number of halogens is 1. The van der Waals surface area contributed by atoms with Gasteiger partial charge in [-0.3, -0.25) is 0 Å². The fourth-order valence-electron chi connectivity index (χ4n) is 1.99. The molecule has 0 fully saturated rings. The van der Waals surface area contributed by atoms with E-state index in [1.165, 1.54) is 5.56 Å². The highest BCUT2D eigenvalue weighted by Gasteiger charge is 2.01. The van der Waals surface area contributed by atoms with Crippen LogP contribution >= 0.6 is 0 Å². The van der Waals surface area contributed by atoms with Gasteiger partial charge in [0.05, 0.1) is 12.2 Å². The zero-order valence-electron chi connectivity index (χ0n) is 12.4. The second-order valence-corrected chi connectivity index (χ2v) is 4.68. The molecule has 0 heterocycles. The molecule has 22 heavy (non-hydrogen) atoms. The van der Waals surface area contributed by atoms with Crippen LogP contribution in [0.3, 0.4) is 0 Å². The third-order valence-corrected chi connectivity index (χ3v) is 3.09. The Bertz CT molecular complexity index is 582. The van der Waals surface area contributed by atoms with Crippen molar-refractivity contribution in [1.29, 1.82) is 0 Å². The molecule has 0 bridgehead atoms. The lowest BCUT2D eigenvalue weighted by molar-refractivity contribution is -0.0000204. The summed E-state index contributed by atoms with van der Waals surface area (Å²) >= 11 is 0. The maximum absolute atomic E-state index is 10.8. The van der Waals surface area contributed by atoms with Gasteiger partial charge in [-0.1, -0.05) is 24.3 Å². The van der Waals surface area contributed by atoms with E-state index in [4.69, 9.17) is 9.84 Å². The number of carboxylic acids is 1. The number of hydrogen-bond donors (Lipinski definition) is 2. The van der Waals surface area contributed by atoms with E-state index in [2.05, 4.69) is 5.32 Å². The Morgan fingerprint density at radius 1 is 1.00 bits per heavy atom. The van der Waals surface area contributed by atoms with E-state index in [9.17, 15) is 4.79 Å². The molecule has 2 aromatic rings. The highest BCUT2D eigenvalue weighted by atomic mass is 35.5. The minimum Gasteiger partial charge on any atom is -1.00 e. The average Bonchev–Trinajstić information content (AvgIpc) is 2.50. The second-order valence-electron chi connectivity index (χ2n) is 4.68. The lowest BCUT2D eigenvalue weighted by atomic mass is 10.1. The summed E-state index contributed by atoms with van der Waals surface area (Å²) in [7, 11) is 0. The standard InChI is InChI=1S/C17H19NO3.ClH/c1-2-21-16-9-5-14(6-10-16)12-18-11-13-3-7-15(8-4-13)17(19)20;/h3-10,18H,2,11-12H2,1H3,(H,19,20);1H/p-1. The summed E-state index contributed by atoms with van der Waals surface area (Å²) in [6, 6.07) is 14.9. The molecule has 0 aromatic heterocycles. The van der Waals surface area contributed by atoms with E-state index in [1.807, 2.05) is 43.3 Å². The average molecular weight is 321 g/mol. The molecule has 2 N–H and O–H groups in total. The summed E-state index contributed by atoms with van der Waals surface area (Å²) in [5.41, 5.74) is 2.55. The van der Waals surface area contributed by atoms with Gasteiger partial charge in [0.2, 0.25) is 0 Å². The van der Waals surface area contributed by atoms with Crippen LogP contribution in [0.2, 0.25) is 0 Å². The molecule has 0 aliphatic carbocycles. The molecule has 0 saturated carbocycles. The summed E-state index contributed by atoms with van der Waals surface area (Å²) in [4.78, 5) is 10.8. The first-order valence-corrected chi connectivity index (χ1v) is 6.93. The van der Waals surface area contributed by atoms with Crippen LogP contribution in [-0.2, 0) is 13.1 Å². The van der Waals surface area contributed by atoms with Gasteiger partial charge in [-0.25, -0.2) is 4.79 Å². The van der Waals surface area contributed by atoms with Crippen LogP contribution in [0.25, 0.3) is 0 Å². The van der Waals surface area contributed by atoms with Crippen LogP contribution in [0.4, 0.5) is 0 Å². The smallest absolute Gasteiger partial charge is 0.335 e. The van der Waals surface area contributed by atoms with Crippen molar-refractivity contribution in [3.63, 3.8) is 0 Å². The summed E-state index contributed by atoms with van der Waals surface area (Å²) in [5, 5.41) is 12.2. The van der Waals surface area contributed by atoms with Gasteiger partial charge >= 0.3 is 5.97 Å². The maximum atomic E-state index is 10.8. The summed E-state index contributed by atoms with van der Waals surface area (Å²) in [6.45, 7) is 4.09. The van der Waals surface area contributed by atoms with Crippen LogP contribution < -0.4 is 22.5 Å². The highest BCUT2D eigenvalue weighted by Crippen LogP contribution is 2.12. The zero-order chi connectivity index (χ0) is 15.1. The molecule has 0 aliphatic heterocycles. The number of carboxylic acid groups (broad SMARTS) is 1. The Morgan fingerprint density at radius 2 is 1.50 bits per heavy atom. The Kier molecular flexibility index (Phi) is 7.43. The first-order chi connectivity index (χ1) is 10.2. The van der Waals surface area contributed by atoms with Crippen molar-refractivity contribution in [1.82, 2.24) is 5.32 Å². The lowest BCUT2D eigenvalue weighted by Gasteiger charge is -2.07. The largest absolute Gasteiger partial charge is 1.00 e. The number of carbonyl (C=O) groups is 1. The fraction of sp³-hybridized carbons (Fsp3) is 0.235. The SMILES string of the molecule is CCOc1ccc(CNCc2ccc(C(=O)O)cc2)cc1.[Cl-]. The summed E-state index contributed by atoms with van der Waals surface area (Å²) < 4.78 is 5.40. The number of hydrogen-bond acceptors (Lipinski definition) is 3. The maximum Gasteiger partial charge on any atom is 0.335 e. The topological polar surface area (TPSA) is 58.6 Å². The van der Waals surface area contributed by atoms with Crippen molar-refractivity contribution in [2.45, 2.75) is 20.0 Å². The number of aromatic carboxylic acids is 1. The molecule has 0 radical (unpaired) electrons. The molecule has 4 nitrogen and oxygen atoms in total. The predicted octanol–water partition coefficient (Wildman–Crippen LogP) is 0.0773. The molecule has 0 aliphatic rings. The van der Waals surface area contributed by atoms with E-state index in [0.717, 1.165) is 17.9 Å². The second kappa shape index (κ2) is 9.07. The molecule has 0 spiro atoms. The number of nitrogens with one attached hydrogen (secondary N) is 1. The molecule has 0 saturated heterocycles. The van der Waals surface area contributed by atoms with Gasteiger partial charge in [-0.15, -0.1) is 0 Å². The van der Waals surface area contributed by atoms with E-state index < -0.39 is 5.97 Å². The monoisotopic (exact) mass is 320 g/mol. The van der Waals surface area contributed by atoms with E-state index >= 15 is 0 Å².